The van der Waals surface area contributed by atoms with Crippen LogP contribution in [0.3, 0.4) is 0 Å². The number of hydrogen-bond donors (Lipinski definition) is 2. The standard InChI is InChI=1S/C17H22ClN3O2/c1-11(12-5-7-13(18)8-6-12)20-16(22)19-9-15-21-14(10-23-15)17(2,3)4/h5-8,10-11H,9H2,1-4H3,(H2,19,20,22)/t11-/m1/s1. The highest BCUT2D eigenvalue weighted by atomic mass is 35.5. The Morgan fingerprint density at radius 1 is 1.30 bits per heavy atom. The monoisotopic (exact) mass is 335 g/mol. The Bertz CT molecular complexity index is 659. The maximum absolute atomic E-state index is 12.0. The second-order valence-electron chi connectivity index (χ2n) is 6.48. The summed E-state index contributed by atoms with van der Waals surface area (Å²) in [5.41, 5.74) is 1.77. The predicted octanol–water partition coefficient (Wildman–Crippen LogP) is 4.19. The summed E-state index contributed by atoms with van der Waals surface area (Å²) >= 11 is 5.86. The molecule has 1 aromatic carbocycles. The molecule has 1 atom stereocenters. The van der Waals surface area contributed by atoms with Gasteiger partial charge in [0.1, 0.15) is 6.26 Å². The molecule has 0 radical (unpaired) electrons. The van der Waals surface area contributed by atoms with Crippen molar-refractivity contribution in [3.63, 3.8) is 0 Å². The first kappa shape index (κ1) is 17.3. The van der Waals surface area contributed by atoms with Crippen LogP contribution in [0, 0.1) is 0 Å². The zero-order chi connectivity index (χ0) is 17.0. The number of nitrogens with zero attached hydrogens (tertiary/aromatic N) is 1. The highest BCUT2D eigenvalue weighted by Gasteiger charge is 2.19. The molecule has 5 nitrogen and oxygen atoms in total. The number of nitrogens with one attached hydrogen (secondary N) is 2. The van der Waals surface area contributed by atoms with Gasteiger partial charge in [0, 0.05) is 10.4 Å². The van der Waals surface area contributed by atoms with Crippen molar-refractivity contribution in [1.82, 2.24) is 15.6 Å². The average molecular weight is 336 g/mol. The lowest BCUT2D eigenvalue weighted by molar-refractivity contribution is 0.236. The van der Waals surface area contributed by atoms with Crippen LogP contribution in [-0.2, 0) is 12.0 Å². The van der Waals surface area contributed by atoms with Crippen LogP contribution in [0.4, 0.5) is 4.79 Å². The zero-order valence-corrected chi connectivity index (χ0v) is 14.6. The van der Waals surface area contributed by atoms with E-state index < -0.39 is 0 Å². The summed E-state index contributed by atoms with van der Waals surface area (Å²) in [5.74, 6) is 0.490. The minimum absolute atomic E-state index is 0.0763. The topological polar surface area (TPSA) is 67.2 Å². The first-order chi connectivity index (χ1) is 10.8. The lowest BCUT2D eigenvalue weighted by Crippen LogP contribution is -2.36. The van der Waals surface area contributed by atoms with Gasteiger partial charge >= 0.3 is 6.03 Å². The van der Waals surface area contributed by atoms with Crippen LogP contribution in [0.2, 0.25) is 5.02 Å². The van der Waals surface area contributed by atoms with Crippen molar-refractivity contribution in [3.05, 3.63) is 52.7 Å². The molecule has 2 amide bonds. The van der Waals surface area contributed by atoms with Crippen LogP contribution < -0.4 is 10.6 Å². The first-order valence-electron chi connectivity index (χ1n) is 7.50. The summed E-state index contributed by atoms with van der Waals surface area (Å²) in [6.07, 6.45) is 1.63. The first-order valence-corrected chi connectivity index (χ1v) is 7.88. The van der Waals surface area contributed by atoms with E-state index in [1.165, 1.54) is 0 Å². The third-order valence-corrected chi connectivity index (χ3v) is 3.69. The number of oxazole rings is 1. The van der Waals surface area contributed by atoms with E-state index in [1.54, 1.807) is 18.4 Å². The van der Waals surface area contributed by atoms with Crippen molar-refractivity contribution in [3.8, 4) is 0 Å². The number of benzene rings is 1. The fourth-order valence-corrected chi connectivity index (χ4v) is 2.10. The van der Waals surface area contributed by atoms with E-state index in [4.69, 9.17) is 16.0 Å². The van der Waals surface area contributed by atoms with E-state index in [0.717, 1.165) is 11.3 Å². The van der Waals surface area contributed by atoms with Gasteiger partial charge in [-0.3, -0.25) is 0 Å². The number of rotatable bonds is 4. The van der Waals surface area contributed by atoms with Crippen LogP contribution in [0.15, 0.2) is 34.9 Å². The number of hydrogen-bond acceptors (Lipinski definition) is 3. The Morgan fingerprint density at radius 3 is 2.52 bits per heavy atom. The molecule has 0 unspecified atom stereocenters. The number of carbonyl (C=O) groups excluding carboxylic acids is 1. The molecule has 2 rings (SSSR count). The summed E-state index contributed by atoms with van der Waals surface area (Å²) in [6, 6.07) is 6.97. The van der Waals surface area contributed by atoms with Gasteiger partial charge in [0.05, 0.1) is 18.3 Å². The summed E-state index contributed by atoms with van der Waals surface area (Å²) in [4.78, 5) is 16.3. The Kier molecular flexibility index (Phi) is 5.31. The normalized spacial score (nSPS) is 12.7. The molecule has 124 valence electrons. The molecule has 0 fully saturated rings. The van der Waals surface area contributed by atoms with Crippen molar-refractivity contribution in [2.24, 2.45) is 0 Å². The number of carbonyl (C=O) groups is 1. The van der Waals surface area contributed by atoms with Crippen LogP contribution in [-0.4, -0.2) is 11.0 Å². The molecule has 1 aromatic heterocycles. The zero-order valence-electron chi connectivity index (χ0n) is 13.8. The lowest BCUT2D eigenvalue weighted by Gasteiger charge is -2.15. The molecule has 0 aliphatic carbocycles. The van der Waals surface area contributed by atoms with Crippen LogP contribution >= 0.6 is 11.6 Å². The summed E-state index contributed by atoms with van der Waals surface area (Å²) in [5, 5.41) is 6.27. The van der Waals surface area contributed by atoms with Crippen molar-refractivity contribution < 1.29 is 9.21 Å². The molecule has 0 bridgehead atoms. The third kappa shape index (κ3) is 4.99. The van der Waals surface area contributed by atoms with Crippen LogP contribution in [0.25, 0.3) is 0 Å². The molecule has 23 heavy (non-hydrogen) atoms. The second kappa shape index (κ2) is 7.04. The molecule has 0 saturated carbocycles. The van der Waals surface area contributed by atoms with E-state index in [9.17, 15) is 4.79 Å². The van der Waals surface area contributed by atoms with Gasteiger partial charge in [-0.1, -0.05) is 44.5 Å². The van der Waals surface area contributed by atoms with Gasteiger partial charge in [0.15, 0.2) is 0 Å². The molecular formula is C17H22ClN3O2. The molecule has 2 N–H and O–H groups in total. The second-order valence-corrected chi connectivity index (χ2v) is 6.91. The van der Waals surface area contributed by atoms with Gasteiger partial charge < -0.3 is 15.1 Å². The lowest BCUT2D eigenvalue weighted by atomic mass is 9.93. The quantitative estimate of drug-likeness (QED) is 0.880. The van der Waals surface area contributed by atoms with E-state index in [1.807, 2.05) is 19.1 Å². The SMILES string of the molecule is C[C@@H](NC(=O)NCc1nc(C(C)(C)C)co1)c1ccc(Cl)cc1. The molecule has 0 saturated heterocycles. The molecule has 6 heteroatoms. The van der Waals surface area contributed by atoms with Crippen LogP contribution in [0.1, 0.15) is 50.9 Å². The van der Waals surface area contributed by atoms with Gasteiger partial charge in [-0.2, -0.15) is 0 Å². The van der Waals surface area contributed by atoms with Gasteiger partial charge in [-0.25, -0.2) is 9.78 Å². The number of halogens is 1. The summed E-state index contributed by atoms with van der Waals surface area (Å²) in [6.45, 7) is 8.33. The Labute approximate surface area is 141 Å². The average Bonchev–Trinajstić information content (AvgIpc) is 2.95. The molecule has 2 aromatic rings. The number of amides is 2. The van der Waals surface area contributed by atoms with Crippen molar-refractivity contribution in [2.75, 3.05) is 0 Å². The number of aromatic nitrogens is 1. The molecule has 0 aliphatic rings. The largest absolute Gasteiger partial charge is 0.447 e. The van der Waals surface area contributed by atoms with Gasteiger partial charge in [-0.05, 0) is 24.6 Å². The Hall–Kier alpha value is -2.01. The van der Waals surface area contributed by atoms with Gasteiger partial charge in [0.2, 0.25) is 5.89 Å². The van der Waals surface area contributed by atoms with E-state index in [0.29, 0.717) is 10.9 Å². The smallest absolute Gasteiger partial charge is 0.315 e. The molecule has 1 heterocycles. The third-order valence-electron chi connectivity index (χ3n) is 3.44. The molecular weight excluding hydrogens is 314 g/mol. The number of urea groups is 1. The maximum Gasteiger partial charge on any atom is 0.315 e. The van der Waals surface area contributed by atoms with E-state index >= 15 is 0 Å². The summed E-state index contributed by atoms with van der Waals surface area (Å²) in [7, 11) is 0. The molecule has 0 spiro atoms. The van der Waals surface area contributed by atoms with E-state index in [-0.39, 0.29) is 24.0 Å². The van der Waals surface area contributed by atoms with Gasteiger partial charge in [0.25, 0.3) is 0 Å². The maximum atomic E-state index is 12.0. The highest BCUT2D eigenvalue weighted by molar-refractivity contribution is 6.30. The fraction of sp³-hybridized carbons (Fsp3) is 0.412. The predicted molar refractivity (Wildman–Crippen MR) is 90.4 cm³/mol. The van der Waals surface area contributed by atoms with Gasteiger partial charge in [-0.15, -0.1) is 0 Å². The van der Waals surface area contributed by atoms with Crippen molar-refractivity contribution in [2.45, 2.75) is 45.7 Å². The minimum Gasteiger partial charge on any atom is -0.447 e. The Balaban J connectivity index is 1.85. The highest BCUT2D eigenvalue weighted by Crippen LogP contribution is 2.21. The molecule has 0 aliphatic heterocycles. The fourth-order valence-electron chi connectivity index (χ4n) is 1.97. The van der Waals surface area contributed by atoms with Crippen molar-refractivity contribution in [1.29, 1.82) is 0 Å². The van der Waals surface area contributed by atoms with Crippen LogP contribution in [0.5, 0.6) is 0 Å². The Morgan fingerprint density at radius 2 is 1.96 bits per heavy atom. The summed E-state index contributed by atoms with van der Waals surface area (Å²) < 4.78 is 5.38. The van der Waals surface area contributed by atoms with E-state index in [2.05, 4.69) is 36.4 Å². The minimum atomic E-state index is -0.275. The van der Waals surface area contributed by atoms with Crippen molar-refractivity contribution >= 4 is 17.6 Å².